The Balaban J connectivity index is 2.02. The van der Waals surface area contributed by atoms with Crippen LogP contribution in [-0.4, -0.2) is 30.1 Å². The summed E-state index contributed by atoms with van der Waals surface area (Å²) in [4.78, 5) is 12.1. The first-order valence-corrected chi connectivity index (χ1v) is 9.98. The van der Waals surface area contributed by atoms with Crippen molar-refractivity contribution in [3.05, 3.63) is 48.0 Å². The Morgan fingerprint density at radius 2 is 2.10 bits per heavy atom. The summed E-state index contributed by atoms with van der Waals surface area (Å²) in [6.45, 7) is 3.24. The molecule has 0 fully saturated rings. The second-order valence-electron chi connectivity index (χ2n) is 6.47. The van der Waals surface area contributed by atoms with E-state index in [9.17, 15) is 10.1 Å². The van der Waals surface area contributed by atoms with Gasteiger partial charge in [0, 0.05) is 41.7 Å². The molecule has 2 N–H and O–H groups in total. The molecule has 0 aliphatic rings. The minimum Gasteiger partial charge on any atom is -0.497 e. The summed E-state index contributed by atoms with van der Waals surface area (Å²) >= 11 is 5.64. The number of halogens is 1. The van der Waals surface area contributed by atoms with Crippen LogP contribution in [0.1, 0.15) is 18.9 Å². The summed E-state index contributed by atoms with van der Waals surface area (Å²) in [5.74, 6) is 1.24. The molecular formula is C22H23ClN4O2. The third-order valence-corrected chi connectivity index (χ3v) is 4.96. The number of benzene rings is 2. The van der Waals surface area contributed by atoms with E-state index in [-0.39, 0.29) is 6.03 Å². The fourth-order valence-electron chi connectivity index (χ4n) is 3.39. The van der Waals surface area contributed by atoms with E-state index in [0.717, 1.165) is 27.9 Å². The standard InChI is InChI=1S/C22H23ClN4O2/c1-3-27-20-13-17(29-2)8-9-18(20)19(14-24)21(27)15-6-4-7-16(12-15)26-22(28)25-11-5-10-23/h4,6-9,12-13H,3,5,10-11H2,1-2H3,(H2,25,26,28). The van der Waals surface area contributed by atoms with Crippen LogP contribution in [0.2, 0.25) is 0 Å². The van der Waals surface area contributed by atoms with E-state index in [4.69, 9.17) is 16.3 Å². The van der Waals surface area contributed by atoms with Gasteiger partial charge in [0.2, 0.25) is 0 Å². The molecule has 0 radical (unpaired) electrons. The second-order valence-corrected chi connectivity index (χ2v) is 6.84. The smallest absolute Gasteiger partial charge is 0.319 e. The molecule has 0 aliphatic carbocycles. The summed E-state index contributed by atoms with van der Waals surface area (Å²) in [7, 11) is 1.62. The van der Waals surface area contributed by atoms with Crippen LogP contribution in [0, 0.1) is 11.3 Å². The van der Waals surface area contributed by atoms with Crippen LogP contribution >= 0.6 is 11.6 Å². The highest BCUT2D eigenvalue weighted by Gasteiger charge is 2.19. The molecule has 7 heteroatoms. The van der Waals surface area contributed by atoms with E-state index < -0.39 is 0 Å². The first-order valence-electron chi connectivity index (χ1n) is 9.44. The number of alkyl halides is 1. The Morgan fingerprint density at radius 3 is 2.79 bits per heavy atom. The number of anilines is 1. The molecule has 1 aromatic heterocycles. The van der Waals surface area contributed by atoms with Gasteiger partial charge in [-0.15, -0.1) is 11.6 Å². The van der Waals surface area contributed by atoms with E-state index in [1.807, 2.05) is 49.4 Å². The maximum absolute atomic E-state index is 12.1. The number of fused-ring (bicyclic) bond motifs is 1. The SMILES string of the molecule is CCn1c(-c2cccc(NC(=O)NCCCCl)c2)c(C#N)c2ccc(OC)cc21. The van der Waals surface area contributed by atoms with Crippen LogP contribution in [0.25, 0.3) is 22.2 Å². The number of carbonyl (C=O) groups excluding carboxylic acids is 1. The number of amides is 2. The normalized spacial score (nSPS) is 10.6. The van der Waals surface area contributed by atoms with E-state index in [0.29, 0.717) is 36.6 Å². The second kappa shape index (κ2) is 9.35. The average molecular weight is 411 g/mol. The minimum atomic E-state index is -0.284. The molecule has 0 spiro atoms. The van der Waals surface area contributed by atoms with Crippen molar-refractivity contribution in [3.63, 3.8) is 0 Å². The van der Waals surface area contributed by atoms with Crippen molar-refractivity contribution in [2.45, 2.75) is 19.9 Å². The first-order chi connectivity index (χ1) is 14.1. The summed E-state index contributed by atoms with van der Waals surface area (Å²) < 4.78 is 7.45. The lowest BCUT2D eigenvalue weighted by atomic mass is 10.1. The van der Waals surface area contributed by atoms with Gasteiger partial charge in [0.15, 0.2) is 0 Å². The number of aromatic nitrogens is 1. The van der Waals surface area contributed by atoms with Crippen LogP contribution in [-0.2, 0) is 6.54 Å². The van der Waals surface area contributed by atoms with Crippen molar-refractivity contribution >= 4 is 34.2 Å². The minimum absolute atomic E-state index is 0.284. The Morgan fingerprint density at radius 1 is 1.28 bits per heavy atom. The number of methoxy groups -OCH3 is 1. The molecule has 3 rings (SSSR count). The van der Waals surface area contributed by atoms with E-state index >= 15 is 0 Å². The van der Waals surface area contributed by atoms with E-state index in [2.05, 4.69) is 21.3 Å². The number of ether oxygens (including phenoxy) is 1. The van der Waals surface area contributed by atoms with Crippen molar-refractivity contribution in [2.24, 2.45) is 0 Å². The lowest BCUT2D eigenvalue weighted by Crippen LogP contribution is -2.29. The van der Waals surface area contributed by atoms with Gasteiger partial charge in [0.25, 0.3) is 0 Å². The number of rotatable bonds is 7. The average Bonchev–Trinajstić information content (AvgIpc) is 3.06. The van der Waals surface area contributed by atoms with Crippen molar-refractivity contribution in [1.82, 2.24) is 9.88 Å². The number of urea groups is 1. The molecule has 0 atom stereocenters. The molecule has 0 bridgehead atoms. The lowest BCUT2D eigenvalue weighted by molar-refractivity contribution is 0.252. The number of aryl methyl sites for hydroxylation is 1. The topological polar surface area (TPSA) is 79.1 Å². The Bertz CT molecular complexity index is 1070. The monoisotopic (exact) mass is 410 g/mol. The zero-order valence-corrected chi connectivity index (χ0v) is 17.2. The van der Waals surface area contributed by atoms with Crippen molar-refractivity contribution < 1.29 is 9.53 Å². The van der Waals surface area contributed by atoms with Crippen LogP contribution in [0.15, 0.2) is 42.5 Å². The highest BCUT2D eigenvalue weighted by atomic mass is 35.5. The van der Waals surface area contributed by atoms with Gasteiger partial charge in [0.1, 0.15) is 11.8 Å². The third kappa shape index (κ3) is 4.30. The zero-order chi connectivity index (χ0) is 20.8. The number of nitrogens with one attached hydrogen (secondary N) is 2. The van der Waals surface area contributed by atoms with Gasteiger partial charge >= 0.3 is 6.03 Å². The van der Waals surface area contributed by atoms with Crippen molar-refractivity contribution in [3.8, 4) is 23.1 Å². The van der Waals surface area contributed by atoms with Gasteiger partial charge in [-0.25, -0.2) is 4.79 Å². The van der Waals surface area contributed by atoms with Gasteiger partial charge in [-0.1, -0.05) is 12.1 Å². The molecule has 150 valence electrons. The van der Waals surface area contributed by atoms with Gasteiger partial charge in [0.05, 0.1) is 23.9 Å². The van der Waals surface area contributed by atoms with Crippen molar-refractivity contribution in [2.75, 3.05) is 24.9 Å². The lowest BCUT2D eigenvalue weighted by Gasteiger charge is -2.12. The summed E-state index contributed by atoms with van der Waals surface area (Å²) in [5, 5.41) is 16.3. The number of nitriles is 1. The predicted octanol–water partition coefficient (Wildman–Crippen LogP) is 4.96. The Labute approximate surface area is 175 Å². The fraction of sp³-hybridized carbons (Fsp3) is 0.273. The highest BCUT2D eigenvalue weighted by Crippen LogP contribution is 2.36. The zero-order valence-electron chi connectivity index (χ0n) is 16.5. The van der Waals surface area contributed by atoms with Crippen molar-refractivity contribution in [1.29, 1.82) is 5.26 Å². The van der Waals surface area contributed by atoms with Gasteiger partial charge in [-0.05, 0) is 37.6 Å². The summed E-state index contributed by atoms with van der Waals surface area (Å²) in [6.07, 6.45) is 0.709. The molecule has 0 unspecified atom stereocenters. The van der Waals surface area contributed by atoms with Gasteiger partial charge < -0.3 is 19.9 Å². The molecule has 2 amide bonds. The molecule has 0 aliphatic heterocycles. The molecule has 1 heterocycles. The van der Waals surface area contributed by atoms with E-state index in [1.54, 1.807) is 7.11 Å². The third-order valence-electron chi connectivity index (χ3n) is 4.69. The highest BCUT2D eigenvalue weighted by molar-refractivity contribution is 6.17. The number of carbonyl (C=O) groups is 1. The Hall–Kier alpha value is -3.17. The van der Waals surface area contributed by atoms with Crippen LogP contribution in [0.4, 0.5) is 10.5 Å². The van der Waals surface area contributed by atoms with Gasteiger partial charge in [-0.2, -0.15) is 5.26 Å². The molecular weight excluding hydrogens is 388 g/mol. The largest absolute Gasteiger partial charge is 0.497 e. The van der Waals surface area contributed by atoms with Crippen LogP contribution in [0.5, 0.6) is 5.75 Å². The number of hydrogen-bond acceptors (Lipinski definition) is 3. The number of nitrogens with zero attached hydrogens (tertiary/aromatic N) is 2. The first kappa shape index (κ1) is 20.6. The van der Waals surface area contributed by atoms with Gasteiger partial charge in [-0.3, -0.25) is 0 Å². The molecule has 2 aromatic carbocycles. The fourth-order valence-corrected chi connectivity index (χ4v) is 3.52. The predicted molar refractivity (Wildman–Crippen MR) is 117 cm³/mol. The molecule has 6 nitrogen and oxygen atoms in total. The molecule has 0 saturated heterocycles. The summed E-state index contributed by atoms with van der Waals surface area (Å²) in [5.41, 5.74) is 3.88. The Kier molecular flexibility index (Phi) is 6.63. The van der Waals surface area contributed by atoms with E-state index in [1.165, 1.54) is 0 Å². The number of hydrogen-bond donors (Lipinski definition) is 2. The van der Waals surface area contributed by atoms with Crippen LogP contribution in [0.3, 0.4) is 0 Å². The molecule has 3 aromatic rings. The maximum atomic E-state index is 12.1. The van der Waals surface area contributed by atoms with Crippen LogP contribution < -0.4 is 15.4 Å². The quantitative estimate of drug-likeness (QED) is 0.426. The summed E-state index contributed by atoms with van der Waals surface area (Å²) in [6, 6.07) is 15.3. The molecule has 29 heavy (non-hydrogen) atoms. The maximum Gasteiger partial charge on any atom is 0.319 e. The molecule has 0 saturated carbocycles.